The average Bonchev–Trinajstić information content (AvgIpc) is 2.70. The van der Waals surface area contributed by atoms with Gasteiger partial charge in [0.1, 0.15) is 0 Å². The lowest BCUT2D eigenvalue weighted by molar-refractivity contribution is -0.141. The summed E-state index contributed by atoms with van der Waals surface area (Å²) in [6.45, 7) is 1.16. The third-order valence-electron chi connectivity index (χ3n) is 2.89. The van der Waals surface area contributed by atoms with Crippen molar-refractivity contribution in [1.29, 1.82) is 0 Å². The summed E-state index contributed by atoms with van der Waals surface area (Å²) < 4.78 is 0.919. The minimum Gasteiger partial charge on any atom is -0.481 e. The summed E-state index contributed by atoms with van der Waals surface area (Å²) in [4.78, 5) is 11.1. The third kappa shape index (κ3) is 2.24. The van der Waals surface area contributed by atoms with Gasteiger partial charge in [0.05, 0.1) is 5.92 Å². The van der Waals surface area contributed by atoms with Crippen molar-refractivity contribution in [2.24, 2.45) is 5.92 Å². The molecule has 16 heavy (non-hydrogen) atoms. The van der Waals surface area contributed by atoms with Crippen LogP contribution in [0.15, 0.2) is 22.7 Å². The number of carboxylic acids is 1. The molecule has 2 N–H and O–H groups in total. The molecule has 86 valence electrons. The van der Waals surface area contributed by atoms with Crippen LogP contribution in [0.4, 0.5) is 0 Å². The maximum atomic E-state index is 11.1. The molecule has 0 radical (unpaired) electrons. The van der Waals surface area contributed by atoms with E-state index in [0.717, 1.165) is 10.0 Å². The molecule has 2 rings (SSSR count). The van der Waals surface area contributed by atoms with Gasteiger partial charge in [0.2, 0.25) is 0 Å². The van der Waals surface area contributed by atoms with Crippen LogP contribution in [0.3, 0.4) is 0 Å². The molecule has 0 spiro atoms. The van der Waals surface area contributed by atoms with E-state index in [-0.39, 0.29) is 5.92 Å². The predicted molar refractivity (Wildman–Crippen MR) is 65.9 cm³/mol. The number of carboxylic acid groups (broad SMARTS) is 1. The Hall–Kier alpha value is -0.580. The molecule has 3 nitrogen and oxygen atoms in total. The van der Waals surface area contributed by atoms with Gasteiger partial charge in [-0.15, -0.1) is 0 Å². The van der Waals surface area contributed by atoms with Gasteiger partial charge >= 0.3 is 5.97 Å². The number of nitrogens with one attached hydrogen (secondary N) is 1. The van der Waals surface area contributed by atoms with Crippen LogP contribution in [-0.4, -0.2) is 24.2 Å². The number of benzene rings is 1. The molecule has 1 saturated heterocycles. The molecule has 0 aliphatic carbocycles. The lowest BCUT2D eigenvalue weighted by Crippen LogP contribution is -2.21. The van der Waals surface area contributed by atoms with E-state index < -0.39 is 11.9 Å². The molecule has 1 fully saturated rings. The second-order valence-electron chi connectivity index (χ2n) is 3.88. The second kappa shape index (κ2) is 4.73. The normalized spacial score (nSPS) is 24.6. The monoisotopic (exact) mass is 303 g/mol. The number of aliphatic carboxylic acids is 1. The number of rotatable bonds is 2. The molecular formula is C11H11BrClNO2. The Labute approximate surface area is 107 Å². The van der Waals surface area contributed by atoms with Crippen molar-refractivity contribution in [2.75, 3.05) is 13.1 Å². The molecule has 0 bridgehead atoms. The van der Waals surface area contributed by atoms with Crippen LogP contribution in [0, 0.1) is 5.92 Å². The topological polar surface area (TPSA) is 49.3 Å². The van der Waals surface area contributed by atoms with Gasteiger partial charge in [-0.05, 0) is 23.8 Å². The summed E-state index contributed by atoms with van der Waals surface area (Å²) in [6.07, 6.45) is 0. The Morgan fingerprint density at radius 2 is 2.25 bits per heavy atom. The molecule has 0 saturated carbocycles. The Bertz CT molecular complexity index is 424. The van der Waals surface area contributed by atoms with E-state index in [1.807, 2.05) is 12.1 Å². The number of carbonyl (C=O) groups is 1. The molecule has 5 heteroatoms. The molecule has 1 aliphatic rings. The van der Waals surface area contributed by atoms with E-state index in [1.165, 1.54) is 0 Å². The highest BCUT2D eigenvalue weighted by Gasteiger charge is 2.34. The average molecular weight is 305 g/mol. The maximum Gasteiger partial charge on any atom is 0.308 e. The third-order valence-corrected chi connectivity index (χ3v) is 3.73. The van der Waals surface area contributed by atoms with Crippen LogP contribution in [-0.2, 0) is 4.79 Å². The summed E-state index contributed by atoms with van der Waals surface area (Å²) in [7, 11) is 0. The van der Waals surface area contributed by atoms with E-state index in [0.29, 0.717) is 18.1 Å². The largest absolute Gasteiger partial charge is 0.481 e. The second-order valence-corrected chi connectivity index (χ2v) is 5.20. The molecule has 0 amide bonds. The molecule has 2 unspecified atom stereocenters. The molecular weight excluding hydrogens is 293 g/mol. The number of halogens is 2. The zero-order valence-electron chi connectivity index (χ0n) is 8.41. The summed E-state index contributed by atoms with van der Waals surface area (Å²) in [5.74, 6) is -1.22. The first-order valence-corrected chi connectivity index (χ1v) is 6.15. The highest BCUT2D eigenvalue weighted by molar-refractivity contribution is 9.10. The minimum absolute atomic E-state index is 0.0532. The van der Waals surface area contributed by atoms with Crippen LogP contribution in [0.5, 0.6) is 0 Å². The smallest absolute Gasteiger partial charge is 0.308 e. The minimum atomic E-state index is -0.772. The van der Waals surface area contributed by atoms with Crippen LogP contribution in [0.25, 0.3) is 0 Å². The van der Waals surface area contributed by atoms with Gasteiger partial charge in [-0.3, -0.25) is 4.79 Å². The van der Waals surface area contributed by atoms with Crippen molar-refractivity contribution < 1.29 is 9.90 Å². The van der Waals surface area contributed by atoms with Crippen LogP contribution in [0.2, 0.25) is 5.02 Å². The van der Waals surface area contributed by atoms with Gasteiger partial charge in [0.15, 0.2) is 0 Å². The van der Waals surface area contributed by atoms with Gasteiger partial charge in [-0.2, -0.15) is 0 Å². The van der Waals surface area contributed by atoms with Crippen molar-refractivity contribution in [2.45, 2.75) is 5.92 Å². The van der Waals surface area contributed by atoms with Gasteiger partial charge in [0, 0.05) is 28.5 Å². The van der Waals surface area contributed by atoms with Crippen LogP contribution < -0.4 is 5.32 Å². The number of hydrogen-bond donors (Lipinski definition) is 2. The van der Waals surface area contributed by atoms with E-state index in [1.54, 1.807) is 6.07 Å². The van der Waals surface area contributed by atoms with E-state index >= 15 is 0 Å². The molecule has 1 aliphatic heterocycles. The van der Waals surface area contributed by atoms with E-state index in [4.69, 9.17) is 16.7 Å². The van der Waals surface area contributed by atoms with Gasteiger partial charge in [-0.25, -0.2) is 0 Å². The summed E-state index contributed by atoms with van der Waals surface area (Å²) in [5.41, 5.74) is 0.897. The standard InChI is InChI=1S/C11H11BrClNO2/c12-6-1-2-10(13)7(3-6)8-4-14-5-9(8)11(15)16/h1-3,8-9,14H,4-5H2,(H,15,16). The Balaban J connectivity index is 2.35. The highest BCUT2D eigenvalue weighted by Crippen LogP contribution is 2.34. The van der Waals surface area contributed by atoms with Crippen molar-refractivity contribution in [1.82, 2.24) is 5.32 Å². The van der Waals surface area contributed by atoms with Crippen LogP contribution >= 0.6 is 27.5 Å². The molecule has 2 atom stereocenters. The van der Waals surface area contributed by atoms with Gasteiger partial charge in [0.25, 0.3) is 0 Å². The molecule has 1 heterocycles. The summed E-state index contributed by atoms with van der Waals surface area (Å²) >= 11 is 9.48. The Morgan fingerprint density at radius 1 is 1.50 bits per heavy atom. The fourth-order valence-corrected chi connectivity index (χ4v) is 2.70. The predicted octanol–water partition coefficient (Wildman–Crippen LogP) is 2.49. The molecule has 0 aromatic heterocycles. The SMILES string of the molecule is O=C(O)C1CNCC1c1cc(Br)ccc1Cl. The van der Waals surface area contributed by atoms with Crippen molar-refractivity contribution >= 4 is 33.5 Å². The molecule has 1 aromatic rings. The van der Waals surface area contributed by atoms with Crippen molar-refractivity contribution in [3.63, 3.8) is 0 Å². The fraction of sp³-hybridized carbons (Fsp3) is 0.364. The molecule has 1 aromatic carbocycles. The lowest BCUT2D eigenvalue weighted by atomic mass is 9.89. The van der Waals surface area contributed by atoms with E-state index in [2.05, 4.69) is 21.2 Å². The Kier molecular flexibility index (Phi) is 3.52. The van der Waals surface area contributed by atoms with E-state index in [9.17, 15) is 4.79 Å². The first kappa shape index (κ1) is 11.9. The zero-order chi connectivity index (χ0) is 11.7. The first-order chi connectivity index (χ1) is 7.59. The van der Waals surface area contributed by atoms with Gasteiger partial charge in [-0.1, -0.05) is 27.5 Å². The lowest BCUT2D eigenvalue weighted by Gasteiger charge is -2.16. The maximum absolute atomic E-state index is 11.1. The zero-order valence-corrected chi connectivity index (χ0v) is 10.8. The summed E-state index contributed by atoms with van der Waals surface area (Å²) in [6, 6.07) is 5.54. The van der Waals surface area contributed by atoms with Crippen LogP contribution in [0.1, 0.15) is 11.5 Å². The quantitative estimate of drug-likeness (QED) is 0.882. The number of hydrogen-bond acceptors (Lipinski definition) is 2. The van der Waals surface area contributed by atoms with Gasteiger partial charge < -0.3 is 10.4 Å². The fourth-order valence-electron chi connectivity index (χ4n) is 2.06. The van der Waals surface area contributed by atoms with Crippen molar-refractivity contribution in [3.8, 4) is 0 Å². The summed E-state index contributed by atoms with van der Waals surface area (Å²) in [5, 5.41) is 12.8. The van der Waals surface area contributed by atoms with Crippen molar-refractivity contribution in [3.05, 3.63) is 33.3 Å². The highest BCUT2D eigenvalue weighted by atomic mass is 79.9. The Morgan fingerprint density at radius 3 is 2.94 bits per heavy atom. The first-order valence-electron chi connectivity index (χ1n) is 4.98.